The predicted molar refractivity (Wildman–Crippen MR) is 78.1 cm³/mol. The molecular formula is C14H18BrFN2O2. The minimum Gasteiger partial charge on any atom is -0.391 e. The van der Waals surface area contributed by atoms with Crippen LogP contribution in [0.1, 0.15) is 16.8 Å². The number of aliphatic hydroxyl groups is 1. The second kappa shape index (κ2) is 6.20. The molecule has 20 heavy (non-hydrogen) atoms. The zero-order valence-corrected chi connectivity index (χ0v) is 13.1. The smallest absolute Gasteiger partial charge is 0.258 e. The number of likely N-dealkylation sites (tertiary alicyclic amines) is 1. The van der Waals surface area contributed by atoms with Gasteiger partial charge in [0.1, 0.15) is 5.82 Å². The van der Waals surface area contributed by atoms with Gasteiger partial charge in [-0.2, -0.15) is 0 Å². The summed E-state index contributed by atoms with van der Waals surface area (Å²) in [6.45, 7) is 0.896. The molecule has 0 spiro atoms. The number of hydrogen-bond acceptors (Lipinski definition) is 3. The molecule has 2 rings (SSSR count). The Morgan fingerprint density at radius 2 is 2.25 bits per heavy atom. The molecule has 1 N–H and O–H groups in total. The fourth-order valence-electron chi connectivity index (χ4n) is 2.58. The summed E-state index contributed by atoms with van der Waals surface area (Å²) in [4.78, 5) is 16.1. The van der Waals surface area contributed by atoms with Crippen LogP contribution in [0, 0.1) is 5.82 Å². The van der Waals surface area contributed by atoms with E-state index in [-0.39, 0.29) is 24.1 Å². The first-order chi connectivity index (χ1) is 9.40. The van der Waals surface area contributed by atoms with Gasteiger partial charge in [0.15, 0.2) is 0 Å². The highest BCUT2D eigenvalue weighted by atomic mass is 79.9. The number of β-amino-alcohol motifs (C(OH)–C–C–N with tert-alkyl or cyclic N) is 1. The Morgan fingerprint density at radius 3 is 2.85 bits per heavy atom. The van der Waals surface area contributed by atoms with E-state index >= 15 is 0 Å². The maximum Gasteiger partial charge on any atom is 0.258 e. The van der Waals surface area contributed by atoms with Gasteiger partial charge in [0, 0.05) is 23.6 Å². The van der Waals surface area contributed by atoms with Crippen molar-refractivity contribution < 1.29 is 14.3 Å². The summed E-state index contributed by atoms with van der Waals surface area (Å²) in [5.41, 5.74) is 0.0327. The SMILES string of the molecule is CN(C)CC1CC(O)CN1C(=O)c1c(F)cccc1Br. The van der Waals surface area contributed by atoms with Crippen molar-refractivity contribution in [2.75, 3.05) is 27.2 Å². The molecule has 1 heterocycles. The van der Waals surface area contributed by atoms with Crippen LogP contribution < -0.4 is 0 Å². The van der Waals surface area contributed by atoms with E-state index in [1.807, 2.05) is 19.0 Å². The number of halogens is 2. The van der Waals surface area contributed by atoms with Crippen molar-refractivity contribution in [2.45, 2.75) is 18.6 Å². The van der Waals surface area contributed by atoms with Crippen molar-refractivity contribution in [2.24, 2.45) is 0 Å². The van der Waals surface area contributed by atoms with Crippen LogP contribution in [0.3, 0.4) is 0 Å². The second-order valence-electron chi connectivity index (χ2n) is 5.36. The average Bonchev–Trinajstić information content (AvgIpc) is 2.68. The Labute approximate surface area is 126 Å². The number of benzene rings is 1. The molecule has 110 valence electrons. The number of carbonyl (C=O) groups excluding carboxylic acids is 1. The van der Waals surface area contributed by atoms with Gasteiger partial charge in [0.2, 0.25) is 0 Å². The highest BCUT2D eigenvalue weighted by molar-refractivity contribution is 9.10. The second-order valence-corrected chi connectivity index (χ2v) is 6.21. The quantitative estimate of drug-likeness (QED) is 0.907. The lowest BCUT2D eigenvalue weighted by molar-refractivity contribution is 0.0693. The maximum absolute atomic E-state index is 13.9. The van der Waals surface area contributed by atoms with Crippen molar-refractivity contribution in [1.82, 2.24) is 9.80 Å². The number of aliphatic hydroxyl groups excluding tert-OH is 1. The number of hydrogen-bond donors (Lipinski definition) is 1. The summed E-state index contributed by atoms with van der Waals surface area (Å²) >= 11 is 3.22. The van der Waals surface area contributed by atoms with E-state index in [2.05, 4.69) is 15.9 Å². The number of amides is 1. The van der Waals surface area contributed by atoms with Crippen molar-refractivity contribution >= 4 is 21.8 Å². The molecule has 0 bridgehead atoms. The summed E-state index contributed by atoms with van der Waals surface area (Å²) in [5.74, 6) is -0.923. The Morgan fingerprint density at radius 1 is 1.55 bits per heavy atom. The molecule has 1 aliphatic heterocycles. The monoisotopic (exact) mass is 344 g/mol. The van der Waals surface area contributed by atoms with Crippen molar-refractivity contribution in [1.29, 1.82) is 0 Å². The Balaban J connectivity index is 2.27. The van der Waals surface area contributed by atoms with Gasteiger partial charge in [-0.1, -0.05) is 6.07 Å². The lowest BCUT2D eigenvalue weighted by Crippen LogP contribution is -2.41. The molecule has 2 unspecified atom stereocenters. The molecule has 1 fully saturated rings. The summed E-state index contributed by atoms with van der Waals surface area (Å²) in [6, 6.07) is 4.36. The van der Waals surface area contributed by atoms with Crippen LogP contribution >= 0.6 is 15.9 Å². The van der Waals surface area contributed by atoms with E-state index in [0.717, 1.165) is 0 Å². The van der Waals surface area contributed by atoms with E-state index < -0.39 is 11.9 Å². The summed E-state index contributed by atoms with van der Waals surface area (Å²) < 4.78 is 14.3. The number of likely N-dealkylation sites (N-methyl/N-ethyl adjacent to an activating group) is 1. The van der Waals surface area contributed by atoms with Crippen LogP contribution in [0.5, 0.6) is 0 Å². The molecule has 1 aromatic rings. The number of rotatable bonds is 3. The molecule has 6 heteroatoms. The fraction of sp³-hybridized carbons (Fsp3) is 0.500. The normalized spacial score (nSPS) is 22.6. The minimum atomic E-state index is -0.547. The van der Waals surface area contributed by atoms with Gasteiger partial charge in [-0.25, -0.2) is 4.39 Å². The molecule has 0 saturated carbocycles. The molecule has 1 aromatic carbocycles. The largest absolute Gasteiger partial charge is 0.391 e. The Bertz CT molecular complexity index is 490. The first-order valence-electron chi connectivity index (χ1n) is 6.48. The third kappa shape index (κ3) is 3.19. The summed E-state index contributed by atoms with van der Waals surface area (Å²) in [5, 5.41) is 9.80. The summed E-state index contributed by atoms with van der Waals surface area (Å²) in [6.07, 6.45) is -0.0230. The lowest BCUT2D eigenvalue weighted by atomic mass is 10.1. The van der Waals surface area contributed by atoms with Crippen LogP contribution in [0.2, 0.25) is 0 Å². The molecule has 0 aromatic heterocycles. The van der Waals surface area contributed by atoms with Gasteiger partial charge in [-0.05, 0) is 48.6 Å². The molecular weight excluding hydrogens is 327 g/mol. The van der Waals surface area contributed by atoms with Crippen LogP contribution in [0.4, 0.5) is 4.39 Å². The molecule has 0 aliphatic carbocycles. The van der Waals surface area contributed by atoms with Crippen LogP contribution in [0.15, 0.2) is 22.7 Å². The van der Waals surface area contributed by atoms with Gasteiger partial charge >= 0.3 is 0 Å². The predicted octanol–water partition coefficient (Wildman–Crippen LogP) is 1.73. The molecule has 1 saturated heterocycles. The summed E-state index contributed by atoms with van der Waals surface area (Å²) in [7, 11) is 3.82. The molecule has 2 atom stereocenters. The Kier molecular flexibility index (Phi) is 4.78. The average molecular weight is 345 g/mol. The van der Waals surface area contributed by atoms with E-state index in [0.29, 0.717) is 17.4 Å². The van der Waals surface area contributed by atoms with Gasteiger partial charge in [-0.3, -0.25) is 4.79 Å². The van der Waals surface area contributed by atoms with Crippen LogP contribution in [-0.2, 0) is 0 Å². The first-order valence-corrected chi connectivity index (χ1v) is 7.27. The lowest BCUT2D eigenvalue weighted by Gasteiger charge is -2.27. The third-order valence-corrected chi connectivity index (χ3v) is 4.07. The molecule has 4 nitrogen and oxygen atoms in total. The Hall–Kier alpha value is -0.980. The fourth-order valence-corrected chi connectivity index (χ4v) is 3.09. The zero-order chi connectivity index (χ0) is 14.9. The molecule has 0 radical (unpaired) electrons. The highest BCUT2D eigenvalue weighted by Gasteiger charge is 2.36. The van der Waals surface area contributed by atoms with Gasteiger partial charge in [0.05, 0.1) is 11.7 Å². The number of nitrogens with zero attached hydrogens (tertiary/aromatic N) is 2. The highest BCUT2D eigenvalue weighted by Crippen LogP contribution is 2.26. The standard InChI is InChI=1S/C14H18BrFN2O2/c1-17(2)7-9-6-10(19)8-18(9)14(20)13-11(15)4-3-5-12(13)16/h3-5,9-10,19H,6-8H2,1-2H3. The number of carbonyl (C=O) groups is 1. The van der Waals surface area contributed by atoms with E-state index in [4.69, 9.17) is 0 Å². The van der Waals surface area contributed by atoms with Gasteiger partial charge in [-0.15, -0.1) is 0 Å². The van der Waals surface area contributed by atoms with Gasteiger partial charge < -0.3 is 14.9 Å². The zero-order valence-electron chi connectivity index (χ0n) is 11.5. The van der Waals surface area contributed by atoms with Crippen molar-refractivity contribution in [3.05, 3.63) is 34.1 Å². The van der Waals surface area contributed by atoms with Crippen LogP contribution in [-0.4, -0.2) is 60.1 Å². The van der Waals surface area contributed by atoms with Crippen molar-refractivity contribution in [3.63, 3.8) is 0 Å². The first kappa shape index (κ1) is 15.4. The molecule has 1 amide bonds. The van der Waals surface area contributed by atoms with Crippen LogP contribution in [0.25, 0.3) is 0 Å². The minimum absolute atomic E-state index is 0.0327. The van der Waals surface area contributed by atoms with E-state index in [1.165, 1.54) is 6.07 Å². The topological polar surface area (TPSA) is 43.8 Å². The molecule has 1 aliphatic rings. The van der Waals surface area contributed by atoms with Gasteiger partial charge in [0.25, 0.3) is 5.91 Å². The maximum atomic E-state index is 13.9. The van der Waals surface area contributed by atoms with E-state index in [9.17, 15) is 14.3 Å². The third-order valence-electron chi connectivity index (χ3n) is 3.41. The van der Waals surface area contributed by atoms with Crippen molar-refractivity contribution in [3.8, 4) is 0 Å². The van der Waals surface area contributed by atoms with E-state index in [1.54, 1.807) is 17.0 Å².